The lowest BCUT2D eigenvalue weighted by atomic mass is 9.99. The number of nitrogens with zero attached hydrogens (tertiary/aromatic N) is 2. The molecule has 0 saturated heterocycles. The van der Waals surface area contributed by atoms with Crippen LogP contribution in [0.1, 0.15) is 83.7 Å². The molecule has 31 heavy (non-hydrogen) atoms. The SMILES string of the molecule is CC(C)[C@H]1COC(c2c(P(C3CCCCC3)C3CCCCC3)c3ccccc3n2C)=N1. The first kappa shape index (κ1) is 21.5. The minimum Gasteiger partial charge on any atom is -0.474 e. The molecule has 0 amide bonds. The van der Waals surface area contributed by atoms with Crippen molar-refractivity contribution in [2.75, 3.05) is 6.61 Å². The van der Waals surface area contributed by atoms with Crippen molar-refractivity contribution in [1.82, 2.24) is 4.57 Å². The zero-order chi connectivity index (χ0) is 21.4. The molecule has 2 fully saturated rings. The number of hydrogen-bond acceptors (Lipinski definition) is 2. The number of ether oxygens (including phenoxy) is 1. The highest BCUT2D eigenvalue weighted by Crippen LogP contribution is 2.56. The molecule has 1 aromatic carbocycles. The van der Waals surface area contributed by atoms with Gasteiger partial charge in [0.25, 0.3) is 0 Å². The number of aliphatic imine (C=N–C) groups is 1. The van der Waals surface area contributed by atoms with Gasteiger partial charge in [0.15, 0.2) is 0 Å². The van der Waals surface area contributed by atoms with Crippen molar-refractivity contribution in [2.24, 2.45) is 18.0 Å². The Kier molecular flexibility index (Phi) is 6.42. The minimum atomic E-state index is -0.219. The van der Waals surface area contributed by atoms with Gasteiger partial charge in [-0.1, -0.05) is 78.5 Å². The van der Waals surface area contributed by atoms with Crippen LogP contribution in [0.2, 0.25) is 0 Å². The topological polar surface area (TPSA) is 26.5 Å². The van der Waals surface area contributed by atoms with E-state index in [0.717, 1.165) is 23.8 Å². The Morgan fingerprint density at radius 1 is 0.935 bits per heavy atom. The molecule has 2 aromatic rings. The quantitative estimate of drug-likeness (QED) is 0.474. The van der Waals surface area contributed by atoms with Gasteiger partial charge in [-0.15, -0.1) is 0 Å². The van der Waals surface area contributed by atoms with E-state index in [-0.39, 0.29) is 14.0 Å². The molecule has 1 aliphatic heterocycles. The van der Waals surface area contributed by atoms with Gasteiger partial charge in [0.1, 0.15) is 12.3 Å². The van der Waals surface area contributed by atoms with Gasteiger partial charge in [0.2, 0.25) is 5.90 Å². The Bertz CT molecular complexity index is 916. The summed E-state index contributed by atoms with van der Waals surface area (Å²) in [4.78, 5) is 5.13. The molecule has 0 bridgehead atoms. The van der Waals surface area contributed by atoms with Crippen molar-refractivity contribution in [2.45, 2.75) is 95.4 Å². The smallest absolute Gasteiger partial charge is 0.234 e. The fourth-order valence-electron chi connectivity index (χ4n) is 6.12. The van der Waals surface area contributed by atoms with E-state index in [0.29, 0.717) is 5.92 Å². The van der Waals surface area contributed by atoms with Crippen LogP contribution in [0, 0.1) is 5.92 Å². The molecular formula is C27H39N2OP. The number of hydrogen-bond donors (Lipinski definition) is 0. The van der Waals surface area contributed by atoms with E-state index in [9.17, 15) is 0 Å². The summed E-state index contributed by atoms with van der Waals surface area (Å²) in [6.45, 7) is 5.26. The molecule has 1 aromatic heterocycles. The van der Waals surface area contributed by atoms with Gasteiger partial charge < -0.3 is 9.30 Å². The maximum absolute atomic E-state index is 6.33. The second kappa shape index (κ2) is 9.26. The second-order valence-electron chi connectivity index (χ2n) is 10.3. The zero-order valence-electron chi connectivity index (χ0n) is 19.6. The van der Waals surface area contributed by atoms with Crippen molar-refractivity contribution in [3.63, 3.8) is 0 Å². The number of aryl methyl sites for hydroxylation is 1. The van der Waals surface area contributed by atoms with E-state index < -0.39 is 0 Å². The summed E-state index contributed by atoms with van der Waals surface area (Å²) in [6, 6.07) is 9.39. The minimum absolute atomic E-state index is 0.219. The molecular weight excluding hydrogens is 399 g/mol. The van der Waals surface area contributed by atoms with E-state index in [1.54, 1.807) is 5.30 Å². The number of para-hydroxylation sites is 1. The Labute approximate surface area is 189 Å². The fourth-order valence-corrected chi connectivity index (χ4v) is 10.2. The van der Waals surface area contributed by atoms with Crippen LogP contribution in [0.15, 0.2) is 29.3 Å². The van der Waals surface area contributed by atoms with Crippen LogP contribution in [0.3, 0.4) is 0 Å². The lowest BCUT2D eigenvalue weighted by molar-refractivity contribution is 0.291. The zero-order valence-corrected chi connectivity index (χ0v) is 20.5. The fraction of sp³-hybridized carbons (Fsp3) is 0.667. The average molecular weight is 439 g/mol. The number of aromatic nitrogens is 1. The first-order valence-electron chi connectivity index (χ1n) is 12.7. The first-order chi connectivity index (χ1) is 15.1. The summed E-state index contributed by atoms with van der Waals surface area (Å²) in [5, 5.41) is 3.11. The van der Waals surface area contributed by atoms with Crippen molar-refractivity contribution in [1.29, 1.82) is 0 Å². The van der Waals surface area contributed by atoms with E-state index >= 15 is 0 Å². The van der Waals surface area contributed by atoms with Gasteiger partial charge in [-0.2, -0.15) is 0 Å². The third-order valence-electron chi connectivity index (χ3n) is 7.92. The molecule has 168 valence electrons. The monoisotopic (exact) mass is 438 g/mol. The van der Waals surface area contributed by atoms with Gasteiger partial charge >= 0.3 is 0 Å². The maximum atomic E-state index is 6.33. The van der Waals surface area contributed by atoms with Crippen molar-refractivity contribution in [3.8, 4) is 0 Å². The van der Waals surface area contributed by atoms with Crippen molar-refractivity contribution >= 4 is 30.0 Å². The van der Waals surface area contributed by atoms with Gasteiger partial charge in [-0.3, -0.25) is 0 Å². The highest BCUT2D eigenvalue weighted by atomic mass is 31.1. The Hall–Kier alpha value is -1.34. The predicted molar refractivity (Wildman–Crippen MR) is 134 cm³/mol. The van der Waals surface area contributed by atoms with E-state index in [1.165, 1.54) is 80.8 Å². The van der Waals surface area contributed by atoms with Crippen LogP contribution in [0.4, 0.5) is 0 Å². The second-order valence-corrected chi connectivity index (χ2v) is 13.0. The first-order valence-corrected chi connectivity index (χ1v) is 14.2. The van der Waals surface area contributed by atoms with Crippen LogP contribution < -0.4 is 5.30 Å². The van der Waals surface area contributed by atoms with Crippen molar-refractivity contribution < 1.29 is 4.74 Å². The van der Waals surface area contributed by atoms with Crippen molar-refractivity contribution in [3.05, 3.63) is 30.0 Å². The van der Waals surface area contributed by atoms with Gasteiger partial charge in [0, 0.05) is 23.3 Å². The highest BCUT2D eigenvalue weighted by molar-refractivity contribution is 7.67. The third kappa shape index (κ3) is 4.08. The molecule has 2 aliphatic carbocycles. The largest absolute Gasteiger partial charge is 0.474 e. The van der Waals surface area contributed by atoms with Gasteiger partial charge in [0.05, 0.1) is 6.04 Å². The third-order valence-corrected chi connectivity index (χ3v) is 11.5. The van der Waals surface area contributed by atoms with Crippen LogP contribution in [0.5, 0.6) is 0 Å². The normalized spacial score (nSPS) is 23.6. The highest BCUT2D eigenvalue weighted by Gasteiger charge is 2.38. The van der Waals surface area contributed by atoms with Gasteiger partial charge in [-0.25, -0.2) is 4.99 Å². The van der Waals surface area contributed by atoms with E-state index in [1.807, 2.05) is 0 Å². The van der Waals surface area contributed by atoms with E-state index in [4.69, 9.17) is 9.73 Å². The maximum Gasteiger partial charge on any atom is 0.234 e. The lowest BCUT2D eigenvalue weighted by Gasteiger charge is -2.39. The van der Waals surface area contributed by atoms with Crippen LogP contribution in [-0.2, 0) is 11.8 Å². The summed E-state index contributed by atoms with van der Waals surface area (Å²) in [5.41, 5.74) is 4.41. The predicted octanol–water partition coefficient (Wildman–Crippen LogP) is 6.75. The molecule has 3 aliphatic rings. The summed E-state index contributed by atoms with van der Waals surface area (Å²) >= 11 is 0. The van der Waals surface area contributed by atoms with Crippen LogP contribution in [-0.4, -0.2) is 34.4 Å². The molecule has 1 atom stereocenters. The molecule has 0 spiro atoms. The molecule has 0 unspecified atom stereocenters. The summed E-state index contributed by atoms with van der Waals surface area (Å²) in [7, 11) is 2.02. The molecule has 5 rings (SSSR count). The molecule has 3 nitrogen and oxygen atoms in total. The lowest BCUT2D eigenvalue weighted by Crippen LogP contribution is -2.29. The Morgan fingerprint density at radius 3 is 2.13 bits per heavy atom. The number of benzene rings is 1. The van der Waals surface area contributed by atoms with Crippen LogP contribution in [0.25, 0.3) is 10.9 Å². The molecule has 0 N–H and O–H groups in total. The molecule has 0 radical (unpaired) electrons. The van der Waals surface area contributed by atoms with Gasteiger partial charge in [-0.05, 0) is 49.0 Å². The van der Waals surface area contributed by atoms with Crippen LogP contribution >= 0.6 is 7.92 Å². The Morgan fingerprint density at radius 2 is 1.55 bits per heavy atom. The summed E-state index contributed by atoms with van der Waals surface area (Å²) in [5.74, 6) is 1.44. The summed E-state index contributed by atoms with van der Waals surface area (Å²) in [6.07, 6.45) is 14.2. The average Bonchev–Trinajstić information content (AvgIpc) is 3.40. The molecule has 2 heterocycles. The number of rotatable bonds is 5. The van der Waals surface area contributed by atoms with E-state index in [2.05, 4.69) is 49.7 Å². The molecule has 2 saturated carbocycles. The number of fused-ring (bicyclic) bond motifs is 1. The standard InChI is InChI=1S/C27H39N2OP/c1-19(2)23-18-30-27(28-23)25-26(22-16-10-11-17-24(22)29(25)3)31(20-12-6-4-7-13-20)21-14-8-5-9-15-21/h10-11,16-17,19-21,23H,4-9,12-15,18H2,1-3H3/t23-/m1/s1. The Balaban J connectivity index is 1.68. The molecule has 4 heteroatoms. The summed E-state index contributed by atoms with van der Waals surface area (Å²) < 4.78 is 8.74.